The van der Waals surface area contributed by atoms with Crippen LogP contribution in [-0.4, -0.2) is 35.5 Å². The Hall–Kier alpha value is -0.983. The standard InChI is InChI=1S/C14H24O4Si/c1-5-9-13-17-19(15-11-7-3,16-12-8-4)18-14-10-6-2/h5-8H,1-4,9-14H2. The van der Waals surface area contributed by atoms with Gasteiger partial charge in [-0.3, -0.25) is 0 Å². The van der Waals surface area contributed by atoms with Crippen molar-refractivity contribution >= 4 is 9.05 Å². The molecule has 5 heteroatoms. The Morgan fingerprint density at radius 3 is 1.37 bits per heavy atom. The van der Waals surface area contributed by atoms with E-state index in [1.54, 1.807) is 24.3 Å². The lowest BCUT2D eigenvalue weighted by molar-refractivity contribution is -0.0221. The van der Waals surface area contributed by atoms with Crippen LogP contribution in [0.5, 0.6) is 0 Å². The van der Waals surface area contributed by atoms with E-state index >= 15 is 0 Å². The molecule has 19 heavy (non-hydrogen) atoms. The summed E-state index contributed by atoms with van der Waals surface area (Å²) in [6, 6.07) is 0. The van der Waals surface area contributed by atoms with E-state index in [9.17, 15) is 0 Å². The lowest BCUT2D eigenvalue weighted by Crippen LogP contribution is -2.49. The van der Waals surface area contributed by atoms with Crippen molar-refractivity contribution in [3.63, 3.8) is 0 Å². The van der Waals surface area contributed by atoms with E-state index in [2.05, 4.69) is 26.3 Å². The van der Waals surface area contributed by atoms with Crippen molar-refractivity contribution in [1.29, 1.82) is 0 Å². The molecule has 0 aliphatic rings. The lowest BCUT2D eigenvalue weighted by Gasteiger charge is -2.27. The summed E-state index contributed by atoms with van der Waals surface area (Å²) in [6.45, 7) is 16.0. The second-order valence-corrected chi connectivity index (χ2v) is 5.71. The Kier molecular flexibility index (Phi) is 11.4. The van der Waals surface area contributed by atoms with Gasteiger partial charge in [0.15, 0.2) is 0 Å². The maximum absolute atomic E-state index is 5.69. The molecule has 0 spiro atoms. The first-order valence-electron chi connectivity index (χ1n) is 6.24. The quantitative estimate of drug-likeness (QED) is 0.279. The van der Waals surface area contributed by atoms with Crippen LogP contribution in [0, 0.1) is 0 Å². The van der Waals surface area contributed by atoms with E-state index in [1.807, 2.05) is 0 Å². The van der Waals surface area contributed by atoms with E-state index in [0.717, 1.165) is 0 Å². The molecule has 0 N–H and O–H groups in total. The smallest absolute Gasteiger partial charge is 0.351 e. The van der Waals surface area contributed by atoms with Gasteiger partial charge in [0.1, 0.15) is 0 Å². The van der Waals surface area contributed by atoms with E-state index < -0.39 is 9.05 Å². The third-order valence-corrected chi connectivity index (χ3v) is 4.11. The Balaban J connectivity index is 4.60. The van der Waals surface area contributed by atoms with Crippen molar-refractivity contribution in [1.82, 2.24) is 0 Å². The molecule has 0 saturated heterocycles. The van der Waals surface area contributed by atoms with Crippen molar-refractivity contribution in [2.24, 2.45) is 0 Å². The summed E-state index contributed by atoms with van der Waals surface area (Å²) >= 11 is 0. The zero-order valence-corrected chi connectivity index (χ0v) is 12.5. The Bertz CT molecular complexity index is 251. The summed E-state index contributed by atoms with van der Waals surface area (Å²) in [7, 11) is -3.15. The molecule has 0 aliphatic carbocycles. The molecule has 108 valence electrons. The molecule has 0 atom stereocenters. The average Bonchev–Trinajstić information content (AvgIpc) is 2.43. The van der Waals surface area contributed by atoms with Crippen LogP contribution < -0.4 is 0 Å². The molecule has 0 amide bonds. The minimum atomic E-state index is -3.15. The predicted molar refractivity (Wildman–Crippen MR) is 79.6 cm³/mol. The summed E-state index contributed by atoms with van der Waals surface area (Å²) in [6.07, 6.45) is 8.20. The van der Waals surface area contributed by atoms with Crippen LogP contribution in [-0.2, 0) is 17.7 Å². The van der Waals surface area contributed by atoms with Gasteiger partial charge in [0.25, 0.3) is 0 Å². The fraction of sp³-hybridized carbons (Fsp3) is 0.429. The van der Waals surface area contributed by atoms with Gasteiger partial charge in [0.2, 0.25) is 0 Å². The highest BCUT2D eigenvalue weighted by Gasteiger charge is 2.45. The molecule has 0 fully saturated rings. The molecule has 0 saturated carbocycles. The minimum Gasteiger partial charge on any atom is -0.351 e. The maximum atomic E-state index is 5.69. The molecular weight excluding hydrogens is 260 g/mol. The Labute approximate surface area is 117 Å². The van der Waals surface area contributed by atoms with E-state index in [0.29, 0.717) is 39.3 Å². The Morgan fingerprint density at radius 2 is 1.05 bits per heavy atom. The van der Waals surface area contributed by atoms with Gasteiger partial charge in [0.05, 0.1) is 13.2 Å². The maximum Gasteiger partial charge on any atom is 0.680 e. The summed E-state index contributed by atoms with van der Waals surface area (Å²) in [5, 5.41) is 0. The van der Waals surface area contributed by atoms with E-state index in [1.165, 1.54) is 0 Å². The normalized spacial score (nSPS) is 10.9. The van der Waals surface area contributed by atoms with Crippen LogP contribution in [0.3, 0.4) is 0 Å². The number of hydrogen-bond acceptors (Lipinski definition) is 4. The van der Waals surface area contributed by atoms with Crippen molar-refractivity contribution in [3.8, 4) is 0 Å². The van der Waals surface area contributed by atoms with Crippen LogP contribution in [0.2, 0.25) is 0 Å². The molecule has 0 heterocycles. The third-order valence-electron chi connectivity index (χ3n) is 1.96. The van der Waals surface area contributed by atoms with Gasteiger partial charge >= 0.3 is 9.05 Å². The summed E-state index contributed by atoms with van der Waals surface area (Å²) < 4.78 is 22.6. The van der Waals surface area contributed by atoms with Crippen LogP contribution in [0.4, 0.5) is 0 Å². The van der Waals surface area contributed by atoms with Crippen molar-refractivity contribution < 1.29 is 17.7 Å². The van der Waals surface area contributed by atoms with Crippen molar-refractivity contribution in [2.45, 2.75) is 12.8 Å². The van der Waals surface area contributed by atoms with Crippen LogP contribution in [0.25, 0.3) is 0 Å². The van der Waals surface area contributed by atoms with Gasteiger partial charge in [-0.1, -0.05) is 24.3 Å². The highest BCUT2D eigenvalue weighted by molar-refractivity contribution is 6.53. The van der Waals surface area contributed by atoms with Crippen LogP contribution in [0.15, 0.2) is 50.6 Å². The molecule has 0 unspecified atom stereocenters. The van der Waals surface area contributed by atoms with Gasteiger partial charge < -0.3 is 17.7 Å². The second kappa shape index (κ2) is 12.1. The summed E-state index contributed by atoms with van der Waals surface area (Å²) in [5.41, 5.74) is 0. The monoisotopic (exact) mass is 284 g/mol. The number of rotatable bonds is 14. The predicted octanol–water partition coefficient (Wildman–Crippen LogP) is 3.01. The molecule has 0 aliphatic heterocycles. The SMILES string of the molecule is C=CCCO[Si](OCC=C)(OCC=C)OCCC=C. The van der Waals surface area contributed by atoms with Gasteiger partial charge in [-0.25, -0.2) is 0 Å². The molecule has 0 aromatic heterocycles. The van der Waals surface area contributed by atoms with E-state index in [-0.39, 0.29) is 0 Å². The zero-order chi connectivity index (χ0) is 14.4. The summed E-state index contributed by atoms with van der Waals surface area (Å²) in [4.78, 5) is 0. The molecular formula is C14H24O4Si. The fourth-order valence-electron chi connectivity index (χ4n) is 1.11. The fourth-order valence-corrected chi connectivity index (χ4v) is 2.99. The lowest BCUT2D eigenvalue weighted by atomic mass is 10.5. The van der Waals surface area contributed by atoms with Crippen LogP contribution >= 0.6 is 0 Å². The van der Waals surface area contributed by atoms with Gasteiger partial charge in [-0.05, 0) is 12.8 Å². The van der Waals surface area contributed by atoms with Gasteiger partial charge in [-0.2, -0.15) is 0 Å². The molecule has 0 bridgehead atoms. The molecule has 0 aromatic rings. The second-order valence-electron chi connectivity index (χ2n) is 3.55. The first-order valence-corrected chi connectivity index (χ1v) is 7.87. The zero-order valence-electron chi connectivity index (χ0n) is 11.5. The first-order chi connectivity index (χ1) is 9.24. The largest absolute Gasteiger partial charge is 0.680 e. The van der Waals surface area contributed by atoms with Gasteiger partial charge in [-0.15, -0.1) is 26.3 Å². The topological polar surface area (TPSA) is 36.9 Å². The molecule has 4 nitrogen and oxygen atoms in total. The first kappa shape index (κ1) is 18.0. The van der Waals surface area contributed by atoms with E-state index in [4.69, 9.17) is 17.7 Å². The molecule has 0 radical (unpaired) electrons. The average molecular weight is 284 g/mol. The Morgan fingerprint density at radius 1 is 0.632 bits per heavy atom. The van der Waals surface area contributed by atoms with Gasteiger partial charge in [0, 0.05) is 13.2 Å². The van der Waals surface area contributed by atoms with Crippen molar-refractivity contribution in [2.75, 3.05) is 26.4 Å². The minimum absolute atomic E-state index is 0.311. The van der Waals surface area contributed by atoms with Crippen molar-refractivity contribution in [3.05, 3.63) is 50.6 Å². The highest BCUT2D eigenvalue weighted by Crippen LogP contribution is 2.13. The van der Waals surface area contributed by atoms with Crippen LogP contribution in [0.1, 0.15) is 12.8 Å². The summed E-state index contributed by atoms with van der Waals surface area (Å²) in [5.74, 6) is 0. The number of hydrogen-bond donors (Lipinski definition) is 0. The third kappa shape index (κ3) is 8.69. The molecule has 0 rings (SSSR count). The molecule has 0 aromatic carbocycles. The highest BCUT2D eigenvalue weighted by atomic mass is 28.4.